The highest BCUT2D eigenvalue weighted by molar-refractivity contribution is 6.99. The van der Waals surface area contributed by atoms with E-state index in [2.05, 4.69) is 88.4 Å². The van der Waals surface area contributed by atoms with Crippen LogP contribution < -0.4 is 10.4 Å². The summed E-state index contributed by atoms with van der Waals surface area (Å²) in [6, 6.07) is 21.4. The van der Waals surface area contributed by atoms with Crippen LogP contribution in [0.15, 0.2) is 60.7 Å². The van der Waals surface area contributed by atoms with Crippen molar-refractivity contribution < 1.29 is 18.6 Å². The lowest BCUT2D eigenvalue weighted by Gasteiger charge is -2.43. The van der Waals surface area contributed by atoms with E-state index in [9.17, 15) is 0 Å². The van der Waals surface area contributed by atoms with Gasteiger partial charge in [-0.2, -0.15) is 0 Å². The van der Waals surface area contributed by atoms with Gasteiger partial charge < -0.3 is 18.6 Å². The molecule has 178 valence electrons. The van der Waals surface area contributed by atoms with Crippen molar-refractivity contribution in [1.82, 2.24) is 0 Å². The van der Waals surface area contributed by atoms with Crippen LogP contribution >= 0.6 is 0 Å². The molecule has 0 aromatic heterocycles. The maximum Gasteiger partial charge on any atom is 0.261 e. The molecule has 2 rings (SSSR count). The van der Waals surface area contributed by atoms with E-state index in [0.717, 1.165) is 13.0 Å². The molecule has 0 aliphatic carbocycles. The van der Waals surface area contributed by atoms with Crippen LogP contribution in [0.2, 0.25) is 5.04 Å². The van der Waals surface area contributed by atoms with Crippen molar-refractivity contribution in [3.8, 4) is 0 Å². The van der Waals surface area contributed by atoms with Crippen molar-refractivity contribution in [2.75, 3.05) is 46.2 Å². The molecule has 0 heterocycles. The molecule has 0 unspecified atom stereocenters. The molecule has 2 aromatic carbocycles. The standard InChI is InChI=1S/C27H42O4Si/c1-5-6-13-18-28-19-20-29-21-22-30-23-24-31-32(27(2,3)4,25-14-9-7-10-15-25)26-16-11-8-12-17-26/h7-12,14-17H,5-6,13,18-24H2,1-4H3. The fraction of sp³-hybridized carbons (Fsp3) is 0.556. The summed E-state index contributed by atoms with van der Waals surface area (Å²) < 4.78 is 23.8. The maximum absolute atomic E-state index is 6.81. The van der Waals surface area contributed by atoms with Gasteiger partial charge in [-0.15, -0.1) is 0 Å². The Morgan fingerprint density at radius 3 is 1.47 bits per heavy atom. The zero-order valence-corrected chi connectivity index (χ0v) is 21.5. The van der Waals surface area contributed by atoms with Crippen molar-refractivity contribution in [1.29, 1.82) is 0 Å². The second-order valence-corrected chi connectivity index (χ2v) is 13.4. The minimum atomic E-state index is -2.48. The first kappa shape index (κ1) is 26.7. The molecule has 0 saturated heterocycles. The van der Waals surface area contributed by atoms with Crippen molar-refractivity contribution in [3.05, 3.63) is 60.7 Å². The first-order valence-corrected chi connectivity index (χ1v) is 13.9. The van der Waals surface area contributed by atoms with E-state index in [-0.39, 0.29) is 5.04 Å². The van der Waals surface area contributed by atoms with Gasteiger partial charge in [0.15, 0.2) is 0 Å². The topological polar surface area (TPSA) is 36.9 Å². The summed E-state index contributed by atoms with van der Waals surface area (Å²) in [5.41, 5.74) is 0. The molecule has 0 bridgehead atoms. The number of rotatable bonds is 16. The van der Waals surface area contributed by atoms with Crippen LogP contribution in [0.4, 0.5) is 0 Å². The van der Waals surface area contributed by atoms with Gasteiger partial charge in [0.25, 0.3) is 8.32 Å². The van der Waals surface area contributed by atoms with Gasteiger partial charge in [-0.3, -0.25) is 0 Å². The van der Waals surface area contributed by atoms with E-state index in [0.29, 0.717) is 39.6 Å². The minimum absolute atomic E-state index is 0.0179. The van der Waals surface area contributed by atoms with E-state index in [1.54, 1.807) is 0 Å². The average molecular weight is 459 g/mol. The van der Waals surface area contributed by atoms with Crippen LogP contribution in [0, 0.1) is 0 Å². The third-order valence-electron chi connectivity index (χ3n) is 5.60. The first-order chi connectivity index (χ1) is 15.5. The Labute approximate surface area is 196 Å². The lowest BCUT2D eigenvalue weighted by Crippen LogP contribution is -2.66. The summed E-state index contributed by atoms with van der Waals surface area (Å²) in [6.07, 6.45) is 3.58. The predicted octanol–water partition coefficient (Wildman–Crippen LogP) is 4.80. The van der Waals surface area contributed by atoms with Gasteiger partial charge in [0.2, 0.25) is 0 Å². The molecule has 0 saturated carbocycles. The molecule has 0 N–H and O–H groups in total. The molecule has 0 aliphatic rings. The molecule has 0 atom stereocenters. The number of benzene rings is 2. The van der Waals surface area contributed by atoms with E-state index in [1.165, 1.54) is 23.2 Å². The average Bonchev–Trinajstić information content (AvgIpc) is 2.80. The molecule has 0 radical (unpaired) electrons. The highest BCUT2D eigenvalue weighted by Crippen LogP contribution is 2.36. The summed E-state index contributed by atoms with van der Waals surface area (Å²) in [7, 11) is -2.48. The number of hydrogen-bond acceptors (Lipinski definition) is 4. The minimum Gasteiger partial charge on any atom is -0.405 e. The normalized spacial score (nSPS) is 12.2. The zero-order chi connectivity index (χ0) is 23.1. The SMILES string of the molecule is CCCCCOCCOCCOCCO[Si](c1ccccc1)(c1ccccc1)C(C)(C)C. The van der Waals surface area contributed by atoms with Crippen molar-refractivity contribution in [2.45, 2.75) is 52.0 Å². The Morgan fingerprint density at radius 1 is 0.594 bits per heavy atom. The molecule has 0 aliphatic heterocycles. The first-order valence-electron chi connectivity index (χ1n) is 12.0. The Bertz CT molecular complexity index is 676. The summed E-state index contributed by atoms with van der Waals surface area (Å²) in [4.78, 5) is 0. The van der Waals surface area contributed by atoms with Crippen LogP contribution in [0.1, 0.15) is 47.0 Å². The Kier molecular flexibility index (Phi) is 12.2. The largest absolute Gasteiger partial charge is 0.405 e. The third kappa shape index (κ3) is 8.12. The highest BCUT2D eigenvalue weighted by Gasteiger charge is 2.49. The summed E-state index contributed by atoms with van der Waals surface area (Å²) >= 11 is 0. The fourth-order valence-corrected chi connectivity index (χ4v) is 8.56. The maximum atomic E-state index is 6.81. The summed E-state index contributed by atoms with van der Waals surface area (Å²) in [6.45, 7) is 13.4. The fourth-order valence-electron chi connectivity index (χ4n) is 4.01. The molecule has 32 heavy (non-hydrogen) atoms. The van der Waals surface area contributed by atoms with Gasteiger partial charge in [0, 0.05) is 6.61 Å². The Morgan fingerprint density at radius 2 is 1.03 bits per heavy atom. The van der Waals surface area contributed by atoms with E-state index < -0.39 is 8.32 Å². The van der Waals surface area contributed by atoms with E-state index in [1.807, 2.05) is 0 Å². The van der Waals surface area contributed by atoms with Crippen LogP contribution in [-0.2, 0) is 18.6 Å². The van der Waals surface area contributed by atoms with Gasteiger partial charge in [0.1, 0.15) is 0 Å². The van der Waals surface area contributed by atoms with Crippen LogP contribution in [0.25, 0.3) is 0 Å². The molecular formula is C27H42O4Si. The monoisotopic (exact) mass is 458 g/mol. The van der Waals surface area contributed by atoms with Gasteiger partial charge >= 0.3 is 0 Å². The zero-order valence-electron chi connectivity index (χ0n) is 20.5. The predicted molar refractivity (Wildman–Crippen MR) is 136 cm³/mol. The van der Waals surface area contributed by atoms with Crippen molar-refractivity contribution >= 4 is 18.7 Å². The van der Waals surface area contributed by atoms with Gasteiger partial charge in [-0.05, 0) is 21.8 Å². The Hall–Kier alpha value is -1.50. The Balaban J connectivity index is 1.82. The van der Waals surface area contributed by atoms with Crippen LogP contribution in [0.3, 0.4) is 0 Å². The summed E-state index contributed by atoms with van der Waals surface area (Å²) in [5, 5.41) is 2.57. The highest BCUT2D eigenvalue weighted by atomic mass is 28.4. The molecule has 0 spiro atoms. The van der Waals surface area contributed by atoms with Crippen molar-refractivity contribution in [3.63, 3.8) is 0 Å². The smallest absolute Gasteiger partial charge is 0.261 e. The van der Waals surface area contributed by atoms with Crippen LogP contribution in [-0.4, -0.2) is 54.6 Å². The molecule has 4 nitrogen and oxygen atoms in total. The summed E-state index contributed by atoms with van der Waals surface area (Å²) in [5.74, 6) is 0. The number of hydrogen-bond donors (Lipinski definition) is 0. The molecule has 5 heteroatoms. The lowest BCUT2D eigenvalue weighted by atomic mass is 10.2. The lowest BCUT2D eigenvalue weighted by molar-refractivity contribution is 0.00827. The molecule has 0 fully saturated rings. The second-order valence-electron chi connectivity index (χ2n) is 9.06. The third-order valence-corrected chi connectivity index (χ3v) is 10.6. The molecule has 2 aromatic rings. The van der Waals surface area contributed by atoms with Gasteiger partial charge in [0.05, 0.1) is 39.6 Å². The van der Waals surface area contributed by atoms with E-state index in [4.69, 9.17) is 18.6 Å². The van der Waals surface area contributed by atoms with Crippen LogP contribution in [0.5, 0.6) is 0 Å². The number of ether oxygens (including phenoxy) is 3. The number of unbranched alkanes of at least 4 members (excludes halogenated alkanes) is 2. The van der Waals surface area contributed by atoms with Crippen molar-refractivity contribution in [2.24, 2.45) is 0 Å². The van der Waals surface area contributed by atoms with Gasteiger partial charge in [-0.1, -0.05) is 101 Å². The van der Waals surface area contributed by atoms with E-state index >= 15 is 0 Å². The second kappa shape index (κ2) is 14.6. The molecule has 0 amide bonds. The molecular weight excluding hydrogens is 416 g/mol. The quantitative estimate of drug-likeness (QED) is 0.267. The van der Waals surface area contributed by atoms with Gasteiger partial charge in [-0.25, -0.2) is 0 Å².